The number of anilines is 1. The Balaban J connectivity index is 0.000000276. The zero-order valence-electron chi connectivity index (χ0n) is 21.2. The summed E-state index contributed by atoms with van der Waals surface area (Å²) in [7, 11) is 1.92. The lowest BCUT2D eigenvalue weighted by atomic mass is 10.2. The minimum absolute atomic E-state index is 0.889. The zero-order valence-corrected chi connectivity index (χ0v) is 21.2. The summed E-state index contributed by atoms with van der Waals surface area (Å²) in [4.78, 5) is 31.8. The lowest BCUT2D eigenvalue weighted by molar-refractivity contribution is -0.193. The lowest BCUT2D eigenvalue weighted by Gasteiger charge is -2.35. The molecule has 5 rings (SSSR count). The third kappa shape index (κ3) is 8.44. The van der Waals surface area contributed by atoms with Gasteiger partial charge in [-0.05, 0) is 6.07 Å². The first-order valence-corrected chi connectivity index (χ1v) is 11.6. The predicted molar refractivity (Wildman–Crippen MR) is 129 cm³/mol. The molecule has 1 aliphatic rings. The first kappa shape index (κ1) is 30.9. The molecular weight excluding hydrogens is 568 g/mol. The number of nitrogens with zero attached hydrogens (tertiary/aromatic N) is 7. The molecule has 12 nitrogen and oxygen atoms in total. The first-order valence-electron chi connectivity index (χ1n) is 11.6. The summed E-state index contributed by atoms with van der Waals surface area (Å²) in [5.74, 6) is -4.57. The topological polar surface area (TPSA) is 142 Å². The fourth-order valence-corrected chi connectivity index (χ4v) is 3.65. The highest BCUT2D eigenvalue weighted by atomic mass is 19.4. The first-order chi connectivity index (χ1) is 19.2. The number of aliphatic carboxylic acids is 2. The molecule has 18 heteroatoms. The molecule has 0 unspecified atom stereocenters. The molecule has 41 heavy (non-hydrogen) atoms. The fraction of sp³-hybridized carbons (Fsp3) is 0.348. The summed E-state index contributed by atoms with van der Waals surface area (Å²) < 4.78 is 72.5. The van der Waals surface area contributed by atoms with E-state index in [1.165, 1.54) is 5.56 Å². The zero-order chi connectivity index (χ0) is 30.4. The molecule has 1 saturated heterocycles. The van der Waals surface area contributed by atoms with Crippen molar-refractivity contribution in [3.05, 3.63) is 55.1 Å². The Morgan fingerprint density at radius 1 is 0.976 bits per heavy atom. The summed E-state index contributed by atoms with van der Waals surface area (Å²) in [5, 5.41) is 18.5. The Kier molecular flexibility index (Phi) is 9.59. The number of carboxylic acid groups (broad SMARTS) is 2. The summed E-state index contributed by atoms with van der Waals surface area (Å²) in [6.45, 7) is 4.77. The van der Waals surface area contributed by atoms with Crippen LogP contribution in [0.15, 0.2) is 54.0 Å². The molecule has 0 aliphatic carbocycles. The number of imidazole rings is 1. The number of carboxylic acids is 2. The second kappa shape index (κ2) is 12.7. The van der Waals surface area contributed by atoms with Crippen LogP contribution in [0.2, 0.25) is 0 Å². The van der Waals surface area contributed by atoms with Crippen LogP contribution in [0.5, 0.6) is 0 Å². The van der Waals surface area contributed by atoms with Crippen molar-refractivity contribution < 1.29 is 50.6 Å². The van der Waals surface area contributed by atoms with Crippen molar-refractivity contribution in [3.8, 4) is 11.3 Å². The van der Waals surface area contributed by atoms with E-state index in [4.69, 9.17) is 24.2 Å². The molecule has 0 radical (unpaired) electrons. The third-order valence-corrected chi connectivity index (χ3v) is 5.55. The molecule has 4 aromatic rings. The summed E-state index contributed by atoms with van der Waals surface area (Å²) in [6, 6.07) is 2.03. The maximum absolute atomic E-state index is 10.6. The van der Waals surface area contributed by atoms with Crippen LogP contribution in [-0.4, -0.2) is 89.7 Å². The number of rotatable bonds is 4. The molecule has 0 saturated carbocycles. The highest BCUT2D eigenvalue weighted by molar-refractivity contribution is 5.73. The molecular formula is C23H23F6N7O5. The standard InChI is InChI=1S/C19H21N7O.2C2HF3O2/c1-23-13-16(10-22-23)17-11-21-19-18(20-3-4-26(17)19)25-7-5-24(6-8-25)12-15-2-9-27-14-15;2*3-2(4,5)1(6)7/h2-4,9-11,13-14H,5-8,12H2,1H3;2*(H,6,7). The molecule has 222 valence electrons. The highest BCUT2D eigenvalue weighted by Crippen LogP contribution is 2.25. The van der Waals surface area contributed by atoms with Gasteiger partial charge < -0.3 is 19.5 Å². The Hall–Kier alpha value is -4.61. The number of piperazine rings is 1. The average molecular weight is 591 g/mol. The van der Waals surface area contributed by atoms with Gasteiger partial charge >= 0.3 is 24.3 Å². The van der Waals surface area contributed by atoms with Crippen molar-refractivity contribution in [2.45, 2.75) is 18.9 Å². The highest BCUT2D eigenvalue weighted by Gasteiger charge is 2.38. The number of hydrogen-bond donors (Lipinski definition) is 2. The van der Waals surface area contributed by atoms with E-state index in [1.807, 2.05) is 50.4 Å². The van der Waals surface area contributed by atoms with Gasteiger partial charge in [-0.2, -0.15) is 31.4 Å². The van der Waals surface area contributed by atoms with Gasteiger partial charge in [0.05, 0.1) is 30.6 Å². The molecule has 0 bridgehead atoms. The number of furan rings is 1. The van der Waals surface area contributed by atoms with Crippen LogP contribution in [0.3, 0.4) is 0 Å². The van der Waals surface area contributed by atoms with Crippen molar-refractivity contribution in [3.63, 3.8) is 0 Å². The maximum atomic E-state index is 10.6. The predicted octanol–water partition coefficient (Wildman–Crippen LogP) is 3.31. The summed E-state index contributed by atoms with van der Waals surface area (Å²) >= 11 is 0. The van der Waals surface area contributed by atoms with E-state index in [1.54, 1.807) is 10.9 Å². The van der Waals surface area contributed by atoms with Crippen LogP contribution in [0.25, 0.3) is 16.9 Å². The fourth-order valence-electron chi connectivity index (χ4n) is 3.65. The van der Waals surface area contributed by atoms with E-state index in [0.29, 0.717) is 0 Å². The number of halogens is 6. The molecule has 1 aliphatic heterocycles. The molecule has 0 atom stereocenters. The van der Waals surface area contributed by atoms with Crippen LogP contribution >= 0.6 is 0 Å². The molecule has 1 fully saturated rings. The van der Waals surface area contributed by atoms with Gasteiger partial charge in [-0.15, -0.1) is 0 Å². The minimum atomic E-state index is -5.08. The molecule has 2 N–H and O–H groups in total. The molecule has 5 heterocycles. The van der Waals surface area contributed by atoms with Crippen molar-refractivity contribution in [2.24, 2.45) is 7.05 Å². The summed E-state index contributed by atoms with van der Waals surface area (Å²) in [5.41, 5.74) is 4.19. The average Bonchev–Trinajstić information content (AvgIpc) is 3.65. The number of aromatic nitrogens is 5. The van der Waals surface area contributed by atoms with Gasteiger partial charge in [0.2, 0.25) is 0 Å². The van der Waals surface area contributed by atoms with Crippen molar-refractivity contribution >= 4 is 23.4 Å². The van der Waals surface area contributed by atoms with Gasteiger partial charge in [-0.1, -0.05) is 0 Å². The van der Waals surface area contributed by atoms with Gasteiger partial charge in [-0.25, -0.2) is 19.6 Å². The van der Waals surface area contributed by atoms with Crippen molar-refractivity contribution in [1.82, 2.24) is 29.0 Å². The molecule has 0 aromatic carbocycles. The largest absolute Gasteiger partial charge is 0.490 e. The van der Waals surface area contributed by atoms with Crippen LogP contribution in [-0.2, 0) is 23.2 Å². The Morgan fingerprint density at radius 2 is 1.59 bits per heavy atom. The second-order valence-electron chi connectivity index (χ2n) is 8.49. The number of fused-ring (bicyclic) bond motifs is 1. The minimum Gasteiger partial charge on any atom is -0.475 e. The number of aryl methyl sites for hydroxylation is 1. The van der Waals surface area contributed by atoms with Crippen LogP contribution in [0.1, 0.15) is 5.56 Å². The van der Waals surface area contributed by atoms with E-state index >= 15 is 0 Å². The quantitative estimate of drug-likeness (QED) is 0.340. The van der Waals surface area contributed by atoms with Gasteiger partial charge in [0.1, 0.15) is 0 Å². The van der Waals surface area contributed by atoms with E-state index in [0.717, 1.165) is 55.4 Å². The third-order valence-electron chi connectivity index (χ3n) is 5.55. The van der Waals surface area contributed by atoms with Gasteiger partial charge in [0, 0.05) is 69.5 Å². The van der Waals surface area contributed by atoms with E-state index in [9.17, 15) is 26.3 Å². The molecule has 4 aromatic heterocycles. The van der Waals surface area contributed by atoms with Gasteiger partial charge in [0.15, 0.2) is 11.5 Å². The Labute approximate surface area is 227 Å². The molecule has 0 amide bonds. The Bertz CT molecular complexity index is 1420. The summed E-state index contributed by atoms with van der Waals surface area (Å²) in [6.07, 6.45) is 2.95. The monoisotopic (exact) mass is 591 g/mol. The number of alkyl halides is 6. The SMILES string of the molecule is Cn1cc(-c2cnc3c(N4CCN(Cc5ccoc5)CC4)nccn23)cn1.O=C(O)C(F)(F)F.O=C(O)C(F)(F)F. The van der Waals surface area contributed by atoms with E-state index in [-0.39, 0.29) is 0 Å². The van der Waals surface area contributed by atoms with Crippen LogP contribution in [0, 0.1) is 0 Å². The number of hydrogen-bond acceptors (Lipinski definition) is 8. The second-order valence-corrected chi connectivity index (χ2v) is 8.49. The number of carbonyl (C=O) groups is 2. The van der Waals surface area contributed by atoms with Gasteiger partial charge in [0.25, 0.3) is 0 Å². The van der Waals surface area contributed by atoms with E-state index in [2.05, 4.69) is 29.3 Å². The van der Waals surface area contributed by atoms with Crippen LogP contribution in [0.4, 0.5) is 32.2 Å². The van der Waals surface area contributed by atoms with Crippen molar-refractivity contribution in [2.75, 3.05) is 31.1 Å². The van der Waals surface area contributed by atoms with Crippen molar-refractivity contribution in [1.29, 1.82) is 0 Å². The van der Waals surface area contributed by atoms with E-state index < -0.39 is 24.3 Å². The Morgan fingerprint density at radius 3 is 2.07 bits per heavy atom. The maximum Gasteiger partial charge on any atom is 0.490 e. The van der Waals surface area contributed by atoms with Gasteiger partial charge in [-0.3, -0.25) is 14.0 Å². The molecule has 0 spiro atoms. The smallest absolute Gasteiger partial charge is 0.475 e. The lowest BCUT2D eigenvalue weighted by Crippen LogP contribution is -2.46. The normalized spacial score (nSPS) is 14.2. The van der Waals surface area contributed by atoms with Crippen LogP contribution < -0.4 is 4.90 Å².